The van der Waals surface area contributed by atoms with E-state index in [-0.39, 0.29) is 17.4 Å². The molecule has 0 bridgehead atoms. The van der Waals surface area contributed by atoms with E-state index in [1.807, 2.05) is 0 Å². The zero-order chi connectivity index (χ0) is 13.4. The summed E-state index contributed by atoms with van der Waals surface area (Å²) in [7, 11) is 0. The smallest absolute Gasteiger partial charge is 0.145 e. The lowest BCUT2D eigenvalue weighted by molar-refractivity contribution is 0.123. The van der Waals surface area contributed by atoms with Crippen LogP contribution in [-0.2, 0) is 11.4 Å². The molecule has 0 spiro atoms. The van der Waals surface area contributed by atoms with Crippen molar-refractivity contribution in [1.29, 1.82) is 0 Å². The van der Waals surface area contributed by atoms with Gasteiger partial charge in [-0.1, -0.05) is 28.9 Å². The van der Waals surface area contributed by atoms with Crippen molar-refractivity contribution in [2.24, 2.45) is 5.16 Å². The first-order valence-electron chi connectivity index (χ1n) is 5.60. The van der Waals surface area contributed by atoms with Gasteiger partial charge >= 0.3 is 0 Å². The number of fused-ring (bicyclic) bond motifs is 1. The van der Waals surface area contributed by atoms with E-state index < -0.39 is 5.82 Å². The molecule has 96 valence electrons. The summed E-state index contributed by atoms with van der Waals surface area (Å²) in [6.45, 7) is 0.0838. The molecule has 3 rings (SSSR count). The Hall–Kier alpha value is -1.94. The summed E-state index contributed by atoms with van der Waals surface area (Å²) in [5.74, 6) is -0.861. The summed E-state index contributed by atoms with van der Waals surface area (Å²) in [5, 5.41) is 3.91. The normalized spacial score (nSPS) is 13.5. The lowest BCUT2D eigenvalue weighted by atomic mass is 9.97. The van der Waals surface area contributed by atoms with Crippen molar-refractivity contribution in [2.45, 2.75) is 6.61 Å². The molecule has 0 amide bonds. The molecule has 0 fully saturated rings. The van der Waals surface area contributed by atoms with Gasteiger partial charge in [0, 0.05) is 16.7 Å². The van der Waals surface area contributed by atoms with Crippen LogP contribution in [0.2, 0.25) is 5.02 Å². The van der Waals surface area contributed by atoms with Crippen LogP contribution in [0.5, 0.6) is 0 Å². The SMILES string of the molecule is Fc1ccc(C2=NOCc3c(F)cccc32)cc1Cl. The monoisotopic (exact) mass is 279 g/mol. The molecular formula is C14H8ClF2NO. The van der Waals surface area contributed by atoms with E-state index in [4.69, 9.17) is 16.4 Å². The van der Waals surface area contributed by atoms with Gasteiger partial charge in [-0.15, -0.1) is 0 Å². The van der Waals surface area contributed by atoms with Gasteiger partial charge in [0.2, 0.25) is 0 Å². The number of oxime groups is 1. The predicted octanol–water partition coefficient (Wildman–Crippen LogP) is 3.90. The summed E-state index contributed by atoms with van der Waals surface area (Å²) >= 11 is 5.75. The zero-order valence-electron chi connectivity index (χ0n) is 9.66. The number of benzene rings is 2. The average molecular weight is 280 g/mol. The van der Waals surface area contributed by atoms with E-state index in [9.17, 15) is 8.78 Å². The Morgan fingerprint density at radius 2 is 1.95 bits per heavy atom. The van der Waals surface area contributed by atoms with Crippen LogP contribution in [-0.4, -0.2) is 5.71 Å². The minimum Gasteiger partial charge on any atom is -0.390 e. The van der Waals surface area contributed by atoms with Crippen LogP contribution in [0.25, 0.3) is 0 Å². The summed E-state index contributed by atoms with van der Waals surface area (Å²) < 4.78 is 26.8. The molecular weight excluding hydrogens is 272 g/mol. The Morgan fingerprint density at radius 1 is 1.11 bits per heavy atom. The van der Waals surface area contributed by atoms with Gasteiger partial charge in [0.25, 0.3) is 0 Å². The number of hydrogen-bond acceptors (Lipinski definition) is 2. The van der Waals surface area contributed by atoms with Crippen molar-refractivity contribution in [2.75, 3.05) is 0 Å². The largest absolute Gasteiger partial charge is 0.390 e. The summed E-state index contributed by atoms with van der Waals surface area (Å²) in [6, 6.07) is 8.93. The number of hydrogen-bond donors (Lipinski definition) is 0. The fourth-order valence-electron chi connectivity index (χ4n) is 1.99. The summed E-state index contributed by atoms with van der Waals surface area (Å²) in [4.78, 5) is 5.03. The Kier molecular flexibility index (Phi) is 2.95. The molecule has 0 aromatic heterocycles. The molecule has 5 heteroatoms. The van der Waals surface area contributed by atoms with Gasteiger partial charge in [-0.3, -0.25) is 0 Å². The van der Waals surface area contributed by atoms with Crippen LogP contribution in [0, 0.1) is 11.6 Å². The van der Waals surface area contributed by atoms with Crippen molar-refractivity contribution in [1.82, 2.24) is 0 Å². The summed E-state index contributed by atoms with van der Waals surface area (Å²) in [6.07, 6.45) is 0. The molecule has 0 N–H and O–H groups in total. The van der Waals surface area contributed by atoms with Crippen molar-refractivity contribution in [3.05, 3.63) is 69.7 Å². The molecule has 2 aromatic carbocycles. The molecule has 0 aliphatic carbocycles. The van der Waals surface area contributed by atoms with Crippen molar-refractivity contribution >= 4 is 17.3 Å². The molecule has 1 heterocycles. The lowest BCUT2D eigenvalue weighted by Gasteiger charge is -2.17. The minimum atomic E-state index is -0.512. The topological polar surface area (TPSA) is 21.6 Å². The quantitative estimate of drug-likeness (QED) is 0.776. The molecule has 0 radical (unpaired) electrons. The van der Waals surface area contributed by atoms with Gasteiger partial charge in [-0.05, 0) is 24.3 Å². The Balaban J connectivity index is 2.14. The Morgan fingerprint density at radius 3 is 2.74 bits per heavy atom. The highest BCUT2D eigenvalue weighted by Crippen LogP contribution is 2.25. The van der Waals surface area contributed by atoms with Gasteiger partial charge in [0.15, 0.2) is 0 Å². The standard InChI is InChI=1S/C14H8ClF2NO/c15-11-6-8(4-5-13(11)17)14-9-2-1-3-12(16)10(9)7-19-18-14/h1-6H,7H2. The van der Waals surface area contributed by atoms with E-state index in [1.165, 1.54) is 24.3 Å². The van der Waals surface area contributed by atoms with Crippen LogP contribution in [0.4, 0.5) is 8.78 Å². The molecule has 0 atom stereocenters. The van der Waals surface area contributed by atoms with Crippen molar-refractivity contribution in [3.63, 3.8) is 0 Å². The maximum Gasteiger partial charge on any atom is 0.145 e. The van der Waals surface area contributed by atoms with Crippen LogP contribution in [0.15, 0.2) is 41.6 Å². The summed E-state index contributed by atoms with van der Waals surface area (Å²) in [5.41, 5.74) is 2.10. The molecule has 19 heavy (non-hydrogen) atoms. The van der Waals surface area contributed by atoms with Crippen molar-refractivity contribution < 1.29 is 13.6 Å². The fraction of sp³-hybridized carbons (Fsp3) is 0.0714. The molecule has 0 unspecified atom stereocenters. The van der Waals surface area contributed by atoms with Gasteiger partial charge in [-0.2, -0.15) is 0 Å². The maximum absolute atomic E-state index is 13.7. The van der Waals surface area contributed by atoms with Crippen LogP contribution in [0.1, 0.15) is 16.7 Å². The predicted molar refractivity (Wildman–Crippen MR) is 68.2 cm³/mol. The lowest BCUT2D eigenvalue weighted by Crippen LogP contribution is -2.14. The fourth-order valence-corrected chi connectivity index (χ4v) is 2.17. The molecule has 0 saturated carbocycles. The first-order valence-corrected chi connectivity index (χ1v) is 5.98. The molecule has 2 nitrogen and oxygen atoms in total. The first-order chi connectivity index (χ1) is 9.16. The second-order valence-corrected chi connectivity index (χ2v) is 4.52. The zero-order valence-corrected chi connectivity index (χ0v) is 10.4. The van der Waals surface area contributed by atoms with Crippen LogP contribution in [0.3, 0.4) is 0 Å². The third-order valence-electron chi connectivity index (χ3n) is 2.93. The Labute approximate surface area is 113 Å². The van der Waals surface area contributed by atoms with Crippen LogP contribution >= 0.6 is 11.6 Å². The molecule has 1 aliphatic heterocycles. The highest BCUT2D eigenvalue weighted by atomic mass is 35.5. The third kappa shape index (κ3) is 2.08. The average Bonchev–Trinajstić information content (AvgIpc) is 2.42. The van der Waals surface area contributed by atoms with Gasteiger partial charge in [0.05, 0.1) is 5.02 Å². The maximum atomic E-state index is 13.7. The van der Waals surface area contributed by atoms with Crippen LogP contribution < -0.4 is 0 Å². The highest BCUT2D eigenvalue weighted by molar-refractivity contribution is 6.31. The van der Waals surface area contributed by atoms with Gasteiger partial charge in [-0.25, -0.2) is 8.78 Å². The number of nitrogens with zero attached hydrogens (tertiary/aromatic N) is 1. The molecule has 2 aromatic rings. The van der Waals surface area contributed by atoms with E-state index in [0.29, 0.717) is 22.4 Å². The van der Waals surface area contributed by atoms with E-state index in [0.717, 1.165) is 0 Å². The van der Waals surface area contributed by atoms with E-state index in [2.05, 4.69) is 5.16 Å². The number of rotatable bonds is 1. The molecule has 0 saturated heterocycles. The van der Waals surface area contributed by atoms with E-state index >= 15 is 0 Å². The second kappa shape index (κ2) is 4.63. The Bertz CT molecular complexity index is 685. The van der Waals surface area contributed by atoms with Gasteiger partial charge in [0.1, 0.15) is 24.0 Å². The molecule has 1 aliphatic rings. The number of halogens is 3. The van der Waals surface area contributed by atoms with Crippen molar-refractivity contribution in [3.8, 4) is 0 Å². The second-order valence-electron chi connectivity index (χ2n) is 4.11. The highest BCUT2D eigenvalue weighted by Gasteiger charge is 2.20. The minimum absolute atomic E-state index is 0.0104. The van der Waals surface area contributed by atoms with Gasteiger partial charge < -0.3 is 4.84 Å². The van der Waals surface area contributed by atoms with E-state index in [1.54, 1.807) is 12.1 Å². The first kappa shape index (κ1) is 12.1. The third-order valence-corrected chi connectivity index (χ3v) is 3.22.